The third kappa shape index (κ3) is 2.84. The second-order valence-corrected chi connectivity index (χ2v) is 3.58. The maximum absolute atomic E-state index is 5.60. The summed E-state index contributed by atoms with van der Waals surface area (Å²) in [4.78, 5) is 7.69. The van der Waals surface area contributed by atoms with Crippen molar-refractivity contribution in [2.75, 3.05) is 6.61 Å². The largest absolute Gasteiger partial charge is 0.478 e. The molecule has 3 nitrogen and oxygen atoms in total. The zero-order chi connectivity index (χ0) is 9.10. The van der Waals surface area contributed by atoms with Crippen LogP contribution < -0.4 is 4.74 Å². The van der Waals surface area contributed by atoms with Crippen molar-refractivity contribution in [3.8, 4) is 5.88 Å². The van der Waals surface area contributed by atoms with E-state index >= 15 is 0 Å². The lowest BCUT2D eigenvalue weighted by atomic mass is 10.3. The van der Waals surface area contributed by atoms with Crippen LogP contribution in [0.2, 0.25) is 5.28 Å². The Labute approximate surface area is 82.1 Å². The van der Waals surface area contributed by atoms with Gasteiger partial charge in [-0.2, -0.15) is 4.98 Å². The number of hydrogen-bond acceptors (Lipinski definition) is 3. The number of ether oxygens (including phenoxy) is 1. The maximum atomic E-state index is 5.60. The minimum Gasteiger partial charge on any atom is -0.478 e. The van der Waals surface area contributed by atoms with E-state index in [0.717, 1.165) is 18.9 Å². The monoisotopic (exact) mass is 198 g/mol. The summed E-state index contributed by atoms with van der Waals surface area (Å²) >= 11 is 5.60. The standard InChI is InChI=1S/C9H11ClN2O/c10-9-11-5-3-8(12-9)13-6-4-7-1-2-7/h3,5,7H,1-2,4,6H2. The second-order valence-electron chi connectivity index (χ2n) is 3.24. The fraction of sp³-hybridized carbons (Fsp3) is 0.556. The van der Waals surface area contributed by atoms with Crippen LogP contribution in [-0.2, 0) is 0 Å². The van der Waals surface area contributed by atoms with Gasteiger partial charge >= 0.3 is 0 Å². The molecule has 1 fully saturated rings. The van der Waals surface area contributed by atoms with Crippen LogP contribution in [0.3, 0.4) is 0 Å². The van der Waals surface area contributed by atoms with Gasteiger partial charge in [0.05, 0.1) is 6.61 Å². The third-order valence-corrected chi connectivity index (χ3v) is 2.26. The molecule has 1 aromatic rings. The molecule has 13 heavy (non-hydrogen) atoms. The summed E-state index contributed by atoms with van der Waals surface area (Å²) in [6.07, 6.45) is 5.44. The molecule has 0 aliphatic heterocycles. The van der Waals surface area contributed by atoms with Crippen molar-refractivity contribution in [3.63, 3.8) is 0 Å². The van der Waals surface area contributed by atoms with Crippen molar-refractivity contribution in [1.82, 2.24) is 9.97 Å². The quantitative estimate of drug-likeness (QED) is 0.697. The van der Waals surface area contributed by atoms with E-state index in [9.17, 15) is 0 Å². The molecule has 1 heterocycles. The maximum Gasteiger partial charge on any atom is 0.225 e. The topological polar surface area (TPSA) is 35.0 Å². The molecule has 0 radical (unpaired) electrons. The first-order valence-electron chi connectivity index (χ1n) is 4.46. The predicted octanol–water partition coefficient (Wildman–Crippen LogP) is 2.31. The van der Waals surface area contributed by atoms with E-state index in [4.69, 9.17) is 16.3 Å². The van der Waals surface area contributed by atoms with Gasteiger partial charge in [-0.3, -0.25) is 0 Å². The first-order chi connectivity index (χ1) is 6.34. The predicted molar refractivity (Wildman–Crippen MR) is 49.9 cm³/mol. The first kappa shape index (κ1) is 8.75. The highest BCUT2D eigenvalue weighted by Gasteiger charge is 2.20. The molecule has 0 saturated heterocycles. The number of hydrogen-bond donors (Lipinski definition) is 0. The summed E-state index contributed by atoms with van der Waals surface area (Å²) < 4.78 is 5.40. The van der Waals surface area contributed by atoms with Gasteiger partial charge in [-0.1, -0.05) is 12.8 Å². The minimum absolute atomic E-state index is 0.240. The van der Waals surface area contributed by atoms with Crippen LogP contribution in [0.25, 0.3) is 0 Å². The van der Waals surface area contributed by atoms with Gasteiger partial charge < -0.3 is 4.74 Å². The molecule has 1 saturated carbocycles. The zero-order valence-corrected chi connectivity index (χ0v) is 8.00. The minimum atomic E-state index is 0.240. The smallest absolute Gasteiger partial charge is 0.225 e. The molecule has 0 spiro atoms. The highest BCUT2D eigenvalue weighted by atomic mass is 35.5. The van der Waals surface area contributed by atoms with Gasteiger partial charge in [0.2, 0.25) is 11.2 Å². The summed E-state index contributed by atoms with van der Waals surface area (Å²) in [6, 6.07) is 1.72. The molecule has 0 aromatic carbocycles. The van der Waals surface area contributed by atoms with Crippen LogP contribution in [0.5, 0.6) is 5.88 Å². The fourth-order valence-corrected chi connectivity index (χ4v) is 1.28. The van der Waals surface area contributed by atoms with Crippen molar-refractivity contribution >= 4 is 11.6 Å². The van der Waals surface area contributed by atoms with E-state index in [1.54, 1.807) is 12.3 Å². The molecule has 0 amide bonds. The van der Waals surface area contributed by atoms with E-state index in [-0.39, 0.29) is 5.28 Å². The van der Waals surface area contributed by atoms with E-state index in [0.29, 0.717) is 5.88 Å². The molecular formula is C9H11ClN2O. The average Bonchev–Trinajstić information content (AvgIpc) is 2.88. The molecule has 4 heteroatoms. The molecule has 1 aromatic heterocycles. The van der Waals surface area contributed by atoms with E-state index in [1.165, 1.54) is 12.8 Å². The van der Waals surface area contributed by atoms with Crippen LogP contribution >= 0.6 is 11.6 Å². The molecule has 1 aliphatic rings. The van der Waals surface area contributed by atoms with Gasteiger partial charge in [0.1, 0.15) is 0 Å². The van der Waals surface area contributed by atoms with Crippen molar-refractivity contribution in [2.24, 2.45) is 5.92 Å². The summed E-state index contributed by atoms with van der Waals surface area (Å²) in [5.74, 6) is 1.46. The van der Waals surface area contributed by atoms with Gasteiger partial charge in [-0.05, 0) is 23.9 Å². The highest BCUT2D eigenvalue weighted by Crippen LogP contribution is 2.32. The lowest BCUT2D eigenvalue weighted by molar-refractivity contribution is 0.291. The Kier molecular flexibility index (Phi) is 2.64. The molecule has 2 rings (SSSR count). The number of nitrogens with zero attached hydrogens (tertiary/aromatic N) is 2. The summed E-state index contributed by atoms with van der Waals surface area (Å²) in [5.41, 5.74) is 0. The van der Waals surface area contributed by atoms with Crippen LogP contribution in [0, 0.1) is 5.92 Å². The normalized spacial score (nSPS) is 15.8. The Hall–Kier alpha value is -0.830. The van der Waals surface area contributed by atoms with E-state index in [2.05, 4.69) is 9.97 Å². The van der Waals surface area contributed by atoms with Crippen molar-refractivity contribution in [3.05, 3.63) is 17.5 Å². The highest BCUT2D eigenvalue weighted by molar-refractivity contribution is 6.28. The molecule has 0 N–H and O–H groups in total. The molecule has 1 aliphatic carbocycles. The Morgan fingerprint density at radius 2 is 2.38 bits per heavy atom. The summed E-state index contributed by atoms with van der Waals surface area (Å²) in [7, 11) is 0. The lowest BCUT2D eigenvalue weighted by Crippen LogP contribution is -2.00. The van der Waals surface area contributed by atoms with Crippen molar-refractivity contribution in [1.29, 1.82) is 0 Å². The Bertz CT molecular complexity index is 289. The molecular weight excluding hydrogens is 188 g/mol. The summed E-state index contributed by atoms with van der Waals surface area (Å²) in [5, 5.41) is 0.240. The Morgan fingerprint density at radius 3 is 3.08 bits per heavy atom. The lowest BCUT2D eigenvalue weighted by Gasteiger charge is -2.03. The van der Waals surface area contributed by atoms with Gasteiger partial charge in [0.25, 0.3) is 0 Å². The van der Waals surface area contributed by atoms with Gasteiger partial charge in [-0.15, -0.1) is 0 Å². The molecule has 70 valence electrons. The average molecular weight is 199 g/mol. The Morgan fingerprint density at radius 1 is 1.54 bits per heavy atom. The molecule has 0 bridgehead atoms. The first-order valence-corrected chi connectivity index (χ1v) is 4.84. The number of aromatic nitrogens is 2. The van der Waals surface area contributed by atoms with E-state index < -0.39 is 0 Å². The van der Waals surface area contributed by atoms with Gasteiger partial charge in [0.15, 0.2) is 0 Å². The number of rotatable bonds is 4. The van der Waals surface area contributed by atoms with E-state index in [1.807, 2.05) is 0 Å². The third-order valence-electron chi connectivity index (χ3n) is 2.07. The van der Waals surface area contributed by atoms with Crippen LogP contribution in [0.15, 0.2) is 12.3 Å². The summed E-state index contributed by atoms with van der Waals surface area (Å²) in [6.45, 7) is 0.734. The SMILES string of the molecule is Clc1nccc(OCCC2CC2)n1. The zero-order valence-electron chi connectivity index (χ0n) is 7.24. The van der Waals surface area contributed by atoms with Crippen molar-refractivity contribution < 1.29 is 4.74 Å². The Balaban J connectivity index is 1.79. The van der Waals surface area contributed by atoms with Crippen LogP contribution in [0.1, 0.15) is 19.3 Å². The second kappa shape index (κ2) is 3.92. The fourth-order valence-electron chi connectivity index (χ4n) is 1.14. The van der Waals surface area contributed by atoms with Crippen molar-refractivity contribution in [2.45, 2.75) is 19.3 Å². The van der Waals surface area contributed by atoms with Gasteiger partial charge in [-0.25, -0.2) is 4.98 Å². The van der Waals surface area contributed by atoms with Gasteiger partial charge in [0, 0.05) is 12.3 Å². The number of halogens is 1. The molecule has 0 atom stereocenters. The van der Waals surface area contributed by atoms with Crippen LogP contribution in [0.4, 0.5) is 0 Å². The van der Waals surface area contributed by atoms with Crippen LogP contribution in [-0.4, -0.2) is 16.6 Å². The molecule has 0 unspecified atom stereocenters.